The van der Waals surface area contributed by atoms with E-state index in [2.05, 4.69) is 10.6 Å². The van der Waals surface area contributed by atoms with Crippen molar-refractivity contribution >= 4 is 17.8 Å². The lowest BCUT2D eigenvalue weighted by Gasteiger charge is -2.39. The minimum absolute atomic E-state index is 0.0862. The molecule has 0 saturated carbocycles. The van der Waals surface area contributed by atoms with Gasteiger partial charge < -0.3 is 25.0 Å². The van der Waals surface area contributed by atoms with E-state index in [0.29, 0.717) is 18.0 Å². The van der Waals surface area contributed by atoms with Gasteiger partial charge in [-0.15, -0.1) is 0 Å². The van der Waals surface area contributed by atoms with Gasteiger partial charge in [0.25, 0.3) is 0 Å². The van der Waals surface area contributed by atoms with E-state index >= 15 is 0 Å². The monoisotopic (exact) mass is 377 g/mol. The number of nitrogens with one attached hydrogen (secondary N) is 2. The lowest BCUT2D eigenvalue weighted by molar-refractivity contribution is 0.0465. The van der Waals surface area contributed by atoms with Crippen LogP contribution in [0.15, 0.2) is 24.3 Å². The molecule has 0 aliphatic carbocycles. The molecule has 1 heterocycles. The van der Waals surface area contributed by atoms with Gasteiger partial charge in [-0.05, 0) is 59.1 Å². The molecule has 1 saturated heterocycles. The molecule has 2 N–H and O–H groups in total. The van der Waals surface area contributed by atoms with Crippen molar-refractivity contribution in [2.75, 3.05) is 19.0 Å². The van der Waals surface area contributed by atoms with Crippen molar-refractivity contribution in [1.82, 2.24) is 10.2 Å². The molecule has 1 fully saturated rings. The van der Waals surface area contributed by atoms with Crippen molar-refractivity contribution in [3.8, 4) is 5.75 Å². The van der Waals surface area contributed by atoms with E-state index in [4.69, 9.17) is 9.47 Å². The number of benzene rings is 1. The molecular formula is C20H31N3O4. The summed E-state index contributed by atoms with van der Waals surface area (Å²) in [7, 11) is 1.59. The SMILES string of the molecule is COc1cccc(NC(=O)N2CCCC[C@H]2[C@@H](C)NC(=O)OC(C)(C)C)c1. The molecule has 0 aromatic heterocycles. The van der Waals surface area contributed by atoms with Crippen molar-refractivity contribution in [3.63, 3.8) is 0 Å². The summed E-state index contributed by atoms with van der Waals surface area (Å²) >= 11 is 0. The molecule has 2 rings (SSSR count). The molecule has 150 valence electrons. The molecular weight excluding hydrogens is 346 g/mol. The first kappa shape index (κ1) is 20.9. The lowest BCUT2D eigenvalue weighted by Crippen LogP contribution is -2.55. The van der Waals surface area contributed by atoms with Gasteiger partial charge in [0, 0.05) is 24.3 Å². The predicted molar refractivity (Wildman–Crippen MR) is 105 cm³/mol. The topological polar surface area (TPSA) is 79.9 Å². The highest BCUT2D eigenvalue weighted by Crippen LogP contribution is 2.23. The van der Waals surface area contributed by atoms with E-state index in [0.717, 1.165) is 19.3 Å². The van der Waals surface area contributed by atoms with Crippen molar-refractivity contribution in [3.05, 3.63) is 24.3 Å². The maximum Gasteiger partial charge on any atom is 0.407 e. The Kier molecular flexibility index (Phi) is 6.93. The molecule has 3 amide bonds. The van der Waals surface area contributed by atoms with Crippen LogP contribution in [-0.4, -0.2) is 48.4 Å². The summed E-state index contributed by atoms with van der Waals surface area (Å²) in [6.07, 6.45) is 2.34. The van der Waals surface area contributed by atoms with E-state index in [1.165, 1.54) is 0 Å². The molecule has 0 spiro atoms. The Labute approximate surface area is 161 Å². The summed E-state index contributed by atoms with van der Waals surface area (Å²) in [5.41, 5.74) is 0.121. The van der Waals surface area contributed by atoms with Gasteiger partial charge >= 0.3 is 12.1 Å². The maximum absolute atomic E-state index is 12.8. The molecule has 27 heavy (non-hydrogen) atoms. The average molecular weight is 377 g/mol. The molecule has 0 unspecified atom stereocenters. The van der Waals surface area contributed by atoms with Crippen LogP contribution in [0.1, 0.15) is 47.0 Å². The normalized spacial score (nSPS) is 18.4. The summed E-state index contributed by atoms with van der Waals surface area (Å²) < 4.78 is 10.5. The number of carbonyl (C=O) groups is 2. The third kappa shape index (κ3) is 6.34. The largest absolute Gasteiger partial charge is 0.497 e. The van der Waals surface area contributed by atoms with Crippen LogP contribution in [0.2, 0.25) is 0 Å². The van der Waals surface area contributed by atoms with Gasteiger partial charge in [-0.3, -0.25) is 0 Å². The molecule has 1 aromatic rings. The number of carbonyl (C=O) groups excluding carboxylic acids is 2. The van der Waals surface area contributed by atoms with Crippen LogP contribution in [-0.2, 0) is 4.74 Å². The van der Waals surface area contributed by atoms with E-state index in [-0.39, 0.29) is 18.1 Å². The highest BCUT2D eigenvalue weighted by molar-refractivity contribution is 5.90. The van der Waals surface area contributed by atoms with Crippen LogP contribution in [0.4, 0.5) is 15.3 Å². The Hall–Kier alpha value is -2.44. The van der Waals surface area contributed by atoms with Crippen LogP contribution < -0.4 is 15.4 Å². The number of anilines is 1. The van der Waals surface area contributed by atoms with Crippen LogP contribution >= 0.6 is 0 Å². The number of hydrogen-bond acceptors (Lipinski definition) is 4. The second kappa shape index (κ2) is 8.97. The average Bonchev–Trinajstić information content (AvgIpc) is 2.60. The first-order valence-electron chi connectivity index (χ1n) is 9.41. The zero-order valence-electron chi connectivity index (χ0n) is 16.9. The molecule has 7 heteroatoms. The summed E-state index contributed by atoms with van der Waals surface area (Å²) in [6, 6.07) is 6.78. The second-order valence-corrected chi connectivity index (χ2v) is 7.85. The highest BCUT2D eigenvalue weighted by Gasteiger charge is 2.32. The third-order valence-corrected chi connectivity index (χ3v) is 4.45. The van der Waals surface area contributed by atoms with Gasteiger partial charge in [-0.1, -0.05) is 6.07 Å². The minimum Gasteiger partial charge on any atom is -0.497 e. The molecule has 0 bridgehead atoms. The fourth-order valence-corrected chi connectivity index (χ4v) is 3.22. The van der Waals surface area contributed by atoms with Crippen molar-refractivity contribution in [2.24, 2.45) is 0 Å². The standard InChI is InChI=1S/C20H31N3O4/c1-14(21-19(25)27-20(2,3)4)17-11-6-7-12-23(17)18(24)22-15-9-8-10-16(13-15)26-5/h8-10,13-14,17H,6-7,11-12H2,1-5H3,(H,21,25)(H,22,24)/t14-,17+/m1/s1. The van der Waals surface area contributed by atoms with Crippen LogP contribution in [0.3, 0.4) is 0 Å². The highest BCUT2D eigenvalue weighted by atomic mass is 16.6. The lowest BCUT2D eigenvalue weighted by atomic mass is 9.97. The first-order chi connectivity index (χ1) is 12.7. The number of amides is 3. The first-order valence-corrected chi connectivity index (χ1v) is 9.41. The Morgan fingerprint density at radius 2 is 2.00 bits per heavy atom. The minimum atomic E-state index is -0.556. The fourth-order valence-electron chi connectivity index (χ4n) is 3.22. The van der Waals surface area contributed by atoms with Crippen molar-refractivity contribution < 1.29 is 19.1 Å². The summed E-state index contributed by atoms with van der Waals surface area (Å²) in [6.45, 7) is 8.04. The zero-order chi connectivity index (χ0) is 20.0. The van der Waals surface area contributed by atoms with Gasteiger partial charge in [0.2, 0.25) is 0 Å². The van der Waals surface area contributed by atoms with Gasteiger partial charge in [0.15, 0.2) is 0 Å². The van der Waals surface area contributed by atoms with Crippen molar-refractivity contribution in [1.29, 1.82) is 0 Å². The van der Waals surface area contributed by atoms with Gasteiger partial charge in [-0.25, -0.2) is 9.59 Å². The number of likely N-dealkylation sites (tertiary alicyclic amines) is 1. The second-order valence-electron chi connectivity index (χ2n) is 7.85. The maximum atomic E-state index is 12.8. The quantitative estimate of drug-likeness (QED) is 0.831. The summed E-state index contributed by atoms with van der Waals surface area (Å²) in [4.78, 5) is 26.7. The van der Waals surface area contributed by atoms with E-state index < -0.39 is 11.7 Å². The van der Waals surface area contributed by atoms with Crippen LogP contribution in [0.5, 0.6) is 5.75 Å². The molecule has 1 aliphatic rings. The Morgan fingerprint density at radius 3 is 2.67 bits per heavy atom. The number of alkyl carbamates (subject to hydrolysis) is 1. The summed E-state index contributed by atoms with van der Waals surface area (Å²) in [5, 5.41) is 5.80. The van der Waals surface area contributed by atoms with Gasteiger partial charge in [0.05, 0.1) is 13.2 Å². The van der Waals surface area contributed by atoms with E-state index in [1.807, 2.05) is 45.9 Å². The van der Waals surface area contributed by atoms with Crippen LogP contribution in [0, 0.1) is 0 Å². The number of methoxy groups -OCH3 is 1. The Morgan fingerprint density at radius 1 is 1.26 bits per heavy atom. The number of piperidine rings is 1. The van der Waals surface area contributed by atoms with E-state index in [1.54, 1.807) is 18.1 Å². The smallest absolute Gasteiger partial charge is 0.407 e. The fraction of sp³-hybridized carbons (Fsp3) is 0.600. The Balaban J connectivity index is 2.02. The van der Waals surface area contributed by atoms with Crippen LogP contribution in [0.25, 0.3) is 0 Å². The molecule has 1 aliphatic heterocycles. The zero-order valence-corrected chi connectivity index (χ0v) is 16.9. The van der Waals surface area contributed by atoms with Gasteiger partial charge in [-0.2, -0.15) is 0 Å². The third-order valence-electron chi connectivity index (χ3n) is 4.45. The molecule has 0 radical (unpaired) electrons. The van der Waals surface area contributed by atoms with E-state index in [9.17, 15) is 9.59 Å². The number of urea groups is 1. The molecule has 7 nitrogen and oxygen atoms in total. The van der Waals surface area contributed by atoms with Gasteiger partial charge in [0.1, 0.15) is 11.4 Å². The summed E-state index contributed by atoms with van der Waals surface area (Å²) in [5.74, 6) is 0.683. The molecule has 1 aromatic carbocycles. The number of rotatable bonds is 4. The number of ether oxygens (including phenoxy) is 2. The number of nitrogens with zero attached hydrogens (tertiary/aromatic N) is 1. The Bertz CT molecular complexity index is 657. The molecule has 2 atom stereocenters. The number of hydrogen-bond donors (Lipinski definition) is 2. The predicted octanol–water partition coefficient (Wildman–Crippen LogP) is 3.99. The van der Waals surface area contributed by atoms with Crippen molar-refractivity contribution in [2.45, 2.75) is 64.6 Å².